The van der Waals surface area contributed by atoms with Gasteiger partial charge in [-0.25, -0.2) is 13.1 Å². The highest BCUT2D eigenvalue weighted by molar-refractivity contribution is 7.89. The van der Waals surface area contributed by atoms with Crippen molar-refractivity contribution >= 4 is 15.9 Å². The van der Waals surface area contributed by atoms with Crippen LogP contribution in [0.15, 0.2) is 59.5 Å². The summed E-state index contributed by atoms with van der Waals surface area (Å²) >= 11 is 0. The molecule has 2 aromatic rings. The summed E-state index contributed by atoms with van der Waals surface area (Å²) < 4.78 is 32.6. The summed E-state index contributed by atoms with van der Waals surface area (Å²) in [4.78, 5) is 12.5. The van der Waals surface area contributed by atoms with Gasteiger partial charge in [-0.2, -0.15) is 0 Å². The van der Waals surface area contributed by atoms with Crippen molar-refractivity contribution in [3.63, 3.8) is 0 Å². The second-order valence-electron chi connectivity index (χ2n) is 6.27. The lowest BCUT2D eigenvalue weighted by Crippen LogP contribution is -2.30. The van der Waals surface area contributed by atoms with E-state index >= 15 is 0 Å². The SMILES string of the molecule is COC(CNC(=O)c1cccc(S(=O)(=O)NC2CC2)c1)c1ccccc1. The first-order valence-corrected chi connectivity index (χ1v) is 9.96. The maximum Gasteiger partial charge on any atom is 0.251 e. The molecule has 0 spiro atoms. The molecule has 0 aromatic heterocycles. The topological polar surface area (TPSA) is 84.5 Å². The van der Waals surface area contributed by atoms with E-state index in [1.807, 2.05) is 30.3 Å². The zero-order valence-electron chi connectivity index (χ0n) is 14.5. The molecule has 1 aliphatic carbocycles. The number of amides is 1. The van der Waals surface area contributed by atoms with Gasteiger partial charge in [0.2, 0.25) is 10.0 Å². The van der Waals surface area contributed by atoms with Crippen LogP contribution in [-0.2, 0) is 14.8 Å². The molecule has 3 rings (SSSR count). The first kappa shape index (κ1) is 18.6. The van der Waals surface area contributed by atoms with Crippen molar-refractivity contribution in [1.29, 1.82) is 0 Å². The predicted octanol–water partition coefficient (Wildman–Crippen LogP) is 2.24. The second-order valence-corrected chi connectivity index (χ2v) is 7.98. The molecule has 1 aliphatic rings. The minimum absolute atomic E-state index is 0.0193. The van der Waals surface area contributed by atoms with Crippen LogP contribution in [0.1, 0.15) is 34.9 Å². The third-order valence-electron chi connectivity index (χ3n) is 4.21. The van der Waals surface area contributed by atoms with Gasteiger partial charge in [-0.15, -0.1) is 0 Å². The van der Waals surface area contributed by atoms with Crippen LogP contribution >= 0.6 is 0 Å². The van der Waals surface area contributed by atoms with E-state index in [1.165, 1.54) is 12.1 Å². The average molecular weight is 374 g/mol. The lowest BCUT2D eigenvalue weighted by atomic mass is 10.1. The van der Waals surface area contributed by atoms with Crippen LogP contribution < -0.4 is 10.0 Å². The fourth-order valence-corrected chi connectivity index (χ4v) is 3.94. The van der Waals surface area contributed by atoms with Gasteiger partial charge in [0.25, 0.3) is 5.91 Å². The summed E-state index contributed by atoms with van der Waals surface area (Å²) in [5.41, 5.74) is 1.26. The molecule has 1 saturated carbocycles. The molecular formula is C19H22N2O4S. The molecule has 1 amide bonds. The predicted molar refractivity (Wildman–Crippen MR) is 98.3 cm³/mol. The maximum absolute atomic E-state index is 12.4. The molecule has 7 heteroatoms. The number of hydrogen-bond acceptors (Lipinski definition) is 4. The maximum atomic E-state index is 12.4. The van der Waals surface area contributed by atoms with E-state index in [2.05, 4.69) is 10.0 Å². The Labute approximate surface area is 153 Å². The summed E-state index contributed by atoms with van der Waals surface area (Å²) in [5, 5.41) is 2.80. The summed E-state index contributed by atoms with van der Waals surface area (Å²) in [6.07, 6.45) is 1.44. The normalized spacial score (nSPS) is 15.4. The van der Waals surface area contributed by atoms with Crippen LogP contribution in [-0.4, -0.2) is 34.0 Å². The largest absolute Gasteiger partial charge is 0.375 e. The minimum atomic E-state index is -3.59. The standard InChI is InChI=1S/C19H22N2O4S/c1-25-18(14-6-3-2-4-7-14)13-20-19(22)15-8-5-9-17(12-15)26(23,24)21-16-10-11-16/h2-9,12,16,18,21H,10-11,13H2,1H3,(H,20,22). The van der Waals surface area contributed by atoms with Crippen molar-refractivity contribution in [3.8, 4) is 0 Å². The quantitative estimate of drug-likeness (QED) is 0.742. The molecule has 6 nitrogen and oxygen atoms in total. The van der Waals surface area contributed by atoms with Gasteiger partial charge in [0.1, 0.15) is 0 Å². The van der Waals surface area contributed by atoms with Gasteiger partial charge in [-0.1, -0.05) is 36.4 Å². The molecule has 0 saturated heterocycles. The Bertz CT molecular complexity index is 864. The van der Waals surface area contributed by atoms with Gasteiger partial charge in [-0.05, 0) is 36.6 Å². The van der Waals surface area contributed by atoms with Gasteiger partial charge < -0.3 is 10.1 Å². The summed E-state index contributed by atoms with van der Waals surface area (Å²) in [6.45, 7) is 0.288. The van der Waals surface area contributed by atoms with Gasteiger partial charge >= 0.3 is 0 Å². The van der Waals surface area contributed by atoms with Crippen LogP contribution in [0.25, 0.3) is 0 Å². The molecule has 138 valence electrons. The lowest BCUT2D eigenvalue weighted by molar-refractivity contribution is 0.0828. The lowest BCUT2D eigenvalue weighted by Gasteiger charge is -2.16. The average Bonchev–Trinajstić information content (AvgIpc) is 3.46. The molecule has 26 heavy (non-hydrogen) atoms. The Kier molecular flexibility index (Phi) is 5.70. The number of methoxy groups -OCH3 is 1. The van der Waals surface area contributed by atoms with Crippen LogP contribution in [0.2, 0.25) is 0 Å². The Balaban J connectivity index is 1.67. The van der Waals surface area contributed by atoms with Crippen molar-refractivity contribution < 1.29 is 17.9 Å². The molecule has 0 heterocycles. The Morgan fingerprint density at radius 1 is 1.15 bits per heavy atom. The molecule has 0 bridgehead atoms. The highest BCUT2D eigenvalue weighted by Crippen LogP contribution is 2.22. The number of sulfonamides is 1. The van der Waals surface area contributed by atoms with Gasteiger partial charge in [0, 0.05) is 25.3 Å². The van der Waals surface area contributed by atoms with Crippen molar-refractivity contribution in [2.45, 2.75) is 29.9 Å². The molecule has 1 atom stereocenters. The van der Waals surface area contributed by atoms with Crippen molar-refractivity contribution in [1.82, 2.24) is 10.0 Å². The zero-order chi connectivity index (χ0) is 18.6. The monoisotopic (exact) mass is 374 g/mol. The fraction of sp³-hybridized carbons (Fsp3) is 0.316. The number of carbonyl (C=O) groups excluding carboxylic acids is 1. The van der Waals surface area contributed by atoms with Gasteiger partial charge in [0.15, 0.2) is 0 Å². The van der Waals surface area contributed by atoms with Crippen LogP contribution in [0.5, 0.6) is 0 Å². The number of nitrogens with one attached hydrogen (secondary N) is 2. The third-order valence-corrected chi connectivity index (χ3v) is 5.73. The van der Waals surface area contributed by atoms with Crippen LogP contribution in [0, 0.1) is 0 Å². The molecule has 0 aliphatic heterocycles. The third kappa shape index (κ3) is 4.69. The van der Waals surface area contributed by atoms with E-state index in [1.54, 1.807) is 19.2 Å². The van der Waals surface area contributed by atoms with Gasteiger partial charge in [0.05, 0.1) is 11.0 Å². The number of benzene rings is 2. The summed E-state index contributed by atoms with van der Waals surface area (Å²) in [6, 6.07) is 15.6. The molecule has 2 aromatic carbocycles. The van der Waals surface area contributed by atoms with Crippen molar-refractivity contribution in [2.75, 3.05) is 13.7 Å². The Morgan fingerprint density at radius 3 is 2.54 bits per heavy atom. The number of ether oxygens (including phenoxy) is 1. The summed E-state index contributed by atoms with van der Waals surface area (Å²) in [7, 11) is -2.00. The molecule has 1 unspecified atom stereocenters. The van der Waals surface area contributed by atoms with E-state index < -0.39 is 10.0 Å². The fourth-order valence-electron chi connectivity index (χ4n) is 2.59. The Hall–Kier alpha value is -2.22. The van der Waals surface area contributed by atoms with E-state index in [-0.39, 0.29) is 29.5 Å². The van der Waals surface area contributed by atoms with E-state index in [0.717, 1.165) is 18.4 Å². The highest BCUT2D eigenvalue weighted by Gasteiger charge is 2.28. The van der Waals surface area contributed by atoms with Crippen LogP contribution in [0.4, 0.5) is 0 Å². The first-order chi connectivity index (χ1) is 12.5. The minimum Gasteiger partial charge on any atom is -0.375 e. The highest BCUT2D eigenvalue weighted by atomic mass is 32.2. The number of rotatable bonds is 8. The Morgan fingerprint density at radius 2 is 1.88 bits per heavy atom. The van der Waals surface area contributed by atoms with E-state index in [4.69, 9.17) is 4.74 Å². The van der Waals surface area contributed by atoms with Crippen molar-refractivity contribution in [2.24, 2.45) is 0 Å². The molecule has 2 N–H and O–H groups in total. The smallest absolute Gasteiger partial charge is 0.251 e. The second kappa shape index (κ2) is 7.99. The molecular weight excluding hydrogens is 352 g/mol. The summed E-state index contributed by atoms with van der Waals surface area (Å²) in [5.74, 6) is -0.341. The number of hydrogen-bond donors (Lipinski definition) is 2. The first-order valence-electron chi connectivity index (χ1n) is 8.48. The van der Waals surface area contributed by atoms with E-state index in [0.29, 0.717) is 5.56 Å². The number of carbonyl (C=O) groups is 1. The van der Waals surface area contributed by atoms with Gasteiger partial charge in [-0.3, -0.25) is 4.79 Å². The molecule has 1 fully saturated rings. The zero-order valence-corrected chi connectivity index (χ0v) is 15.3. The van der Waals surface area contributed by atoms with Crippen molar-refractivity contribution in [3.05, 3.63) is 65.7 Å². The van der Waals surface area contributed by atoms with E-state index in [9.17, 15) is 13.2 Å². The molecule has 0 radical (unpaired) electrons. The van der Waals surface area contributed by atoms with Crippen LogP contribution in [0.3, 0.4) is 0 Å².